The van der Waals surface area contributed by atoms with Crippen LogP contribution in [0.3, 0.4) is 0 Å². The first-order chi connectivity index (χ1) is 10.0. The third-order valence-electron chi connectivity index (χ3n) is 2.96. The van der Waals surface area contributed by atoms with Crippen LogP contribution in [-0.2, 0) is 16.6 Å². The molecule has 9 heteroatoms. The van der Waals surface area contributed by atoms with Gasteiger partial charge >= 0.3 is 0 Å². The van der Waals surface area contributed by atoms with Gasteiger partial charge in [0.15, 0.2) is 5.82 Å². The molecule has 8 nitrogen and oxygen atoms in total. The molecule has 1 saturated carbocycles. The van der Waals surface area contributed by atoms with E-state index in [1.807, 2.05) is 0 Å². The molecule has 1 fully saturated rings. The summed E-state index contributed by atoms with van der Waals surface area (Å²) in [5, 5.41) is 8.77. The molecule has 1 aliphatic carbocycles. The number of anilines is 1. The number of aromatic nitrogens is 2. The van der Waals surface area contributed by atoms with E-state index in [1.54, 1.807) is 6.07 Å². The average molecular weight is 310 g/mol. The van der Waals surface area contributed by atoms with Gasteiger partial charge in [0.25, 0.3) is 15.6 Å². The van der Waals surface area contributed by atoms with Gasteiger partial charge in [-0.15, -0.1) is 0 Å². The fourth-order valence-electron chi connectivity index (χ4n) is 1.72. The van der Waals surface area contributed by atoms with Crippen LogP contribution in [0.4, 0.5) is 5.82 Å². The van der Waals surface area contributed by atoms with Gasteiger partial charge in [-0.25, -0.2) is 5.10 Å². The van der Waals surface area contributed by atoms with E-state index in [-0.39, 0.29) is 10.9 Å². The Kier molecular flexibility index (Phi) is 3.52. The predicted molar refractivity (Wildman–Crippen MR) is 74.2 cm³/mol. The summed E-state index contributed by atoms with van der Waals surface area (Å²) >= 11 is 0. The standard InChI is InChI=1S/C12H14N4O4S/c17-11-5-4-10(14-15-11)16-21(18,19)12-6-3-9(20-12)7-13-8-1-2-8/h3-6,8,13H,1-2,7H2,(H,14,16)(H,15,17). The first-order valence-electron chi connectivity index (χ1n) is 6.43. The molecule has 0 amide bonds. The second kappa shape index (κ2) is 5.34. The summed E-state index contributed by atoms with van der Waals surface area (Å²) in [6, 6.07) is 5.97. The number of nitrogens with one attached hydrogen (secondary N) is 3. The fraction of sp³-hybridized carbons (Fsp3) is 0.333. The second-order valence-corrected chi connectivity index (χ2v) is 6.40. The first-order valence-corrected chi connectivity index (χ1v) is 7.92. The monoisotopic (exact) mass is 310 g/mol. The summed E-state index contributed by atoms with van der Waals surface area (Å²) in [6.07, 6.45) is 2.29. The number of nitrogens with zero attached hydrogens (tertiary/aromatic N) is 1. The molecule has 112 valence electrons. The van der Waals surface area contributed by atoms with E-state index in [4.69, 9.17) is 4.42 Å². The Bertz CT molecular complexity index is 771. The van der Waals surface area contributed by atoms with Crippen molar-refractivity contribution in [2.24, 2.45) is 0 Å². The Morgan fingerprint density at radius 2 is 2.10 bits per heavy atom. The van der Waals surface area contributed by atoms with Crippen molar-refractivity contribution in [2.45, 2.75) is 30.5 Å². The fourth-order valence-corrected chi connectivity index (χ4v) is 2.67. The van der Waals surface area contributed by atoms with Crippen molar-refractivity contribution < 1.29 is 12.8 Å². The molecule has 1 aliphatic rings. The molecule has 0 unspecified atom stereocenters. The zero-order chi connectivity index (χ0) is 14.9. The maximum Gasteiger partial charge on any atom is 0.296 e. The minimum absolute atomic E-state index is 0.0173. The summed E-state index contributed by atoms with van der Waals surface area (Å²) in [4.78, 5) is 10.9. The number of sulfonamides is 1. The number of furan rings is 1. The zero-order valence-electron chi connectivity index (χ0n) is 11.0. The first kappa shape index (κ1) is 13.8. The number of hydrogen-bond donors (Lipinski definition) is 3. The van der Waals surface area contributed by atoms with Gasteiger partial charge < -0.3 is 9.73 Å². The number of rotatable bonds is 6. The summed E-state index contributed by atoms with van der Waals surface area (Å²) in [6.45, 7) is 0.497. The van der Waals surface area contributed by atoms with Gasteiger partial charge in [-0.1, -0.05) is 0 Å². The van der Waals surface area contributed by atoms with Crippen molar-refractivity contribution in [1.29, 1.82) is 0 Å². The quantitative estimate of drug-likeness (QED) is 0.711. The smallest absolute Gasteiger partial charge is 0.296 e. The lowest BCUT2D eigenvalue weighted by molar-refractivity contribution is 0.403. The maximum atomic E-state index is 12.1. The SMILES string of the molecule is O=c1ccc(NS(=O)(=O)c2ccc(CNC3CC3)o2)n[nH]1. The van der Waals surface area contributed by atoms with E-state index in [0.29, 0.717) is 18.3 Å². The van der Waals surface area contributed by atoms with Crippen LogP contribution in [0.2, 0.25) is 0 Å². The largest absolute Gasteiger partial charge is 0.446 e. The molecule has 0 bridgehead atoms. The Morgan fingerprint density at radius 1 is 1.29 bits per heavy atom. The summed E-state index contributed by atoms with van der Waals surface area (Å²) in [5.41, 5.74) is -0.413. The van der Waals surface area contributed by atoms with E-state index < -0.39 is 15.6 Å². The molecule has 3 rings (SSSR count). The molecular formula is C12H14N4O4S. The van der Waals surface area contributed by atoms with Crippen LogP contribution in [0.15, 0.2) is 38.6 Å². The molecule has 2 aromatic heterocycles. The predicted octanol–water partition coefficient (Wildman–Crippen LogP) is 0.416. The molecule has 3 N–H and O–H groups in total. The van der Waals surface area contributed by atoms with Gasteiger partial charge in [0.1, 0.15) is 5.76 Å². The van der Waals surface area contributed by atoms with E-state index in [0.717, 1.165) is 12.8 Å². The Hall–Kier alpha value is -2.13. The molecule has 0 aromatic carbocycles. The van der Waals surface area contributed by atoms with Crippen molar-refractivity contribution in [3.63, 3.8) is 0 Å². The Morgan fingerprint density at radius 3 is 2.76 bits per heavy atom. The highest BCUT2D eigenvalue weighted by Crippen LogP contribution is 2.21. The van der Waals surface area contributed by atoms with Gasteiger partial charge in [-0.05, 0) is 31.0 Å². The maximum absolute atomic E-state index is 12.1. The average Bonchev–Trinajstić information content (AvgIpc) is 3.15. The van der Waals surface area contributed by atoms with Gasteiger partial charge in [0.2, 0.25) is 5.09 Å². The third-order valence-corrected chi connectivity index (χ3v) is 4.19. The summed E-state index contributed by atoms with van der Waals surface area (Å²) in [5.74, 6) is 0.570. The normalized spacial score (nSPS) is 15.0. The van der Waals surface area contributed by atoms with Gasteiger partial charge in [-0.3, -0.25) is 9.52 Å². The number of H-pyrrole nitrogens is 1. The minimum atomic E-state index is -3.86. The van der Waals surface area contributed by atoms with Crippen LogP contribution in [0.25, 0.3) is 0 Å². The Balaban J connectivity index is 1.71. The van der Waals surface area contributed by atoms with Crippen LogP contribution in [0.1, 0.15) is 18.6 Å². The van der Waals surface area contributed by atoms with E-state index in [1.165, 1.54) is 18.2 Å². The molecule has 21 heavy (non-hydrogen) atoms. The molecular weight excluding hydrogens is 296 g/mol. The molecule has 0 saturated heterocycles. The summed E-state index contributed by atoms with van der Waals surface area (Å²) < 4.78 is 31.7. The van der Waals surface area contributed by atoms with Crippen molar-refractivity contribution >= 4 is 15.8 Å². The molecule has 0 aliphatic heterocycles. The highest BCUT2D eigenvalue weighted by Gasteiger charge is 2.22. The molecule has 2 heterocycles. The molecule has 0 radical (unpaired) electrons. The topological polar surface area (TPSA) is 117 Å². The molecule has 0 spiro atoms. The van der Waals surface area contributed by atoms with E-state index in [9.17, 15) is 13.2 Å². The highest BCUT2D eigenvalue weighted by atomic mass is 32.2. The van der Waals surface area contributed by atoms with E-state index in [2.05, 4.69) is 20.2 Å². The van der Waals surface area contributed by atoms with Gasteiger partial charge in [0.05, 0.1) is 6.54 Å². The highest BCUT2D eigenvalue weighted by molar-refractivity contribution is 7.92. The van der Waals surface area contributed by atoms with Crippen molar-refractivity contribution in [3.8, 4) is 0 Å². The number of aromatic amines is 1. The number of hydrogen-bond acceptors (Lipinski definition) is 6. The van der Waals surface area contributed by atoms with Crippen LogP contribution < -0.4 is 15.6 Å². The molecule has 2 aromatic rings. The van der Waals surface area contributed by atoms with Gasteiger partial charge in [0, 0.05) is 12.1 Å². The lowest BCUT2D eigenvalue weighted by atomic mass is 10.4. The van der Waals surface area contributed by atoms with E-state index >= 15 is 0 Å². The van der Waals surface area contributed by atoms with Crippen molar-refractivity contribution in [2.75, 3.05) is 4.72 Å². The van der Waals surface area contributed by atoms with Crippen molar-refractivity contribution in [1.82, 2.24) is 15.5 Å². The Labute approximate surface area is 120 Å². The minimum Gasteiger partial charge on any atom is -0.446 e. The lowest BCUT2D eigenvalue weighted by Crippen LogP contribution is -2.16. The van der Waals surface area contributed by atoms with Crippen LogP contribution >= 0.6 is 0 Å². The van der Waals surface area contributed by atoms with Crippen LogP contribution in [0, 0.1) is 0 Å². The van der Waals surface area contributed by atoms with Crippen molar-refractivity contribution in [3.05, 3.63) is 40.4 Å². The van der Waals surface area contributed by atoms with Crippen LogP contribution in [0.5, 0.6) is 0 Å². The molecule has 0 atom stereocenters. The van der Waals surface area contributed by atoms with Gasteiger partial charge in [-0.2, -0.15) is 13.5 Å². The lowest BCUT2D eigenvalue weighted by Gasteiger charge is -2.03. The second-order valence-electron chi connectivity index (χ2n) is 4.79. The summed E-state index contributed by atoms with van der Waals surface area (Å²) in [7, 11) is -3.86. The zero-order valence-corrected chi connectivity index (χ0v) is 11.8. The van der Waals surface area contributed by atoms with Crippen LogP contribution in [-0.4, -0.2) is 24.7 Å². The third kappa shape index (κ3) is 3.50.